The van der Waals surface area contributed by atoms with Crippen LogP contribution in [0, 0.1) is 46.3 Å². The molecule has 9 atom stereocenters. The maximum atomic E-state index is 11.3. The highest BCUT2D eigenvalue weighted by Gasteiger charge is 2.59. The van der Waals surface area contributed by atoms with E-state index in [1.54, 1.807) is 19.8 Å². The zero-order chi connectivity index (χ0) is 53.5. The Labute approximate surface area is 442 Å². The summed E-state index contributed by atoms with van der Waals surface area (Å²) in [5.74, 6) is 5.45. The lowest BCUT2D eigenvalue weighted by molar-refractivity contribution is -0.148. The van der Waals surface area contributed by atoms with Crippen LogP contribution in [0.4, 0.5) is 0 Å². The zero-order valence-electron chi connectivity index (χ0n) is 48.3. The van der Waals surface area contributed by atoms with Crippen LogP contribution >= 0.6 is 0 Å². The van der Waals surface area contributed by atoms with Gasteiger partial charge in [-0.15, -0.1) is 0 Å². The van der Waals surface area contributed by atoms with Gasteiger partial charge in [0.1, 0.15) is 31.6 Å². The second-order valence-corrected chi connectivity index (χ2v) is 22.7. The molecular weight excluding hydrogens is 899 g/mol. The standard InChI is InChI=1S/C28H48O.C18H30O.C11H23NO4.C6H10O2/c1-19(2)8-7-9-20(3)24-12-13-25-23-11-10-21-18-22(29-6)14-16-27(21,4)26(23)15-17-28(24,25)5;1-2-3-4-5-6-7-8-9-10-11-12-13-14-15-16-17-18-19;1-12(2)7-5-6-11(13)16-9-10(15-4)8-14-3;7-5-3-1-2-4-6-8/h10,19-20,22-26H,7-9,11-18H2,1-6H3;3-4,6-7,9-10,18H,2,5,8,11-17H2,1H3;10H,5-9H2,1-4H3;5-6H,1-4H2/b;4-3-,7-6-,10-9-;;. The molecule has 0 bridgehead atoms. The zero-order valence-corrected chi connectivity index (χ0v) is 48.3. The number of methoxy groups -OCH3 is 3. The summed E-state index contributed by atoms with van der Waals surface area (Å²) in [5, 5.41) is 0. The van der Waals surface area contributed by atoms with Crippen LogP contribution in [0.2, 0.25) is 0 Å². The summed E-state index contributed by atoms with van der Waals surface area (Å²) in [6, 6.07) is 0. The van der Waals surface area contributed by atoms with Crippen molar-refractivity contribution in [1.82, 2.24) is 4.90 Å². The third-order valence-corrected chi connectivity index (χ3v) is 16.6. The number of hydrogen-bond acceptors (Lipinski definition) is 9. The molecular formula is C63H111NO8. The van der Waals surface area contributed by atoms with Crippen molar-refractivity contribution in [3.63, 3.8) is 0 Å². The first kappa shape index (κ1) is 67.3. The Hall–Kier alpha value is -2.72. The lowest BCUT2D eigenvalue weighted by Crippen LogP contribution is -2.50. The summed E-state index contributed by atoms with van der Waals surface area (Å²) in [7, 11) is 9.02. The van der Waals surface area contributed by atoms with Gasteiger partial charge in [0.05, 0.1) is 12.7 Å². The van der Waals surface area contributed by atoms with Gasteiger partial charge in [0, 0.05) is 47.0 Å². The molecule has 0 spiro atoms. The lowest BCUT2D eigenvalue weighted by atomic mass is 9.47. The Balaban J connectivity index is 0.000000526. The first-order valence-electron chi connectivity index (χ1n) is 29.0. The van der Waals surface area contributed by atoms with Crippen molar-refractivity contribution >= 4 is 24.8 Å². The van der Waals surface area contributed by atoms with Crippen LogP contribution in [0.1, 0.15) is 215 Å². The number of nitrogens with zero attached hydrogens (tertiary/aromatic N) is 1. The highest BCUT2D eigenvalue weighted by Crippen LogP contribution is 2.67. The lowest BCUT2D eigenvalue weighted by Gasteiger charge is -2.58. The number of allylic oxidation sites excluding steroid dienone is 7. The van der Waals surface area contributed by atoms with E-state index in [-0.39, 0.29) is 18.7 Å². The second-order valence-electron chi connectivity index (χ2n) is 22.7. The van der Waals surface area contributed by atoms with Gasteiger partial charge in [-0.05, 0) is 176 Å². The monoisotopic (exact) mass is 1010 g/mol. The quantitative estimate of drug-likeness (QED) is 0.0275. The van der Waals surface area contributed by atoms with Crippen LogP contribution in [0.15, 0.2) is 48.1 Å². The fraction of sp³-hybridized carbons (Fsp3) is 0.810. The summed E-state index contributed by atoms with van der Waals surface area (Å²) >= 11 is 0. The van der Waals surface area contributed by atoms with Crippen LogP contribution in [0.25, 0.3) is 0 Å². The largest absolute Gasteiger partial charge is 0.463 e. The highest BCUT2D eigenvalue weighted by atomic mass is 16.6. The average molecular weight is 1010 g/mol. The number of carbonyl (C=O) groups excluding carboxylic acids is 4. The minimum Gasteiger partial charge on any atom is -0.463 e. The van der Waals surface area contributed by atoms with Gasteiger partial charge in [0.15, 0.2) is 0 Å². The minimum absolute atomic E-state index is 0.178. The maximum Gasteiger partial charge on any atom is 0.305 e. The predicted octanol–water partition coefficient (Wildman–Crippen LogP) is 15.3. The number of esters is 1. The summed E-state index contributed by atoms with van der Waals surface area (Å²) in [5.41, 5.74) is 2.85. The molecule has 3 fully saturated rings. The van der Waals surface area contributed by atoms with Crippen molar-refractivity contribution in [2.45, 2.75) is 227 Å². The first-order chi connectivity index (χ1) is 34.7. The molecule has 0 radical (unpaired) electrons. The van der Waals surface area contributed by atoms with Crippen molar-refractivity contribution < 1.29 is 38.1 Å². The van der Waals surface area contributed by atoms with Gasteiger partial charge in [0.25, 0.3) is 0 Å². The van der Waals surface area contributed by atoms with Gasteiger partial charge in [-0.1, -0.05) is 128 Å². The summed E-state index contributed by atoms with van der Waals surface area (Å²) in [6.45, 7) is 16.4. The maximum absolute atomic E-state index is 11.3. The van der Waals surface area contributed by atoms with Gasteiger partial charge in [-0.2, -0.15) is 0 Å². The van der Waals surface area contributed by atoms with Crippen molar-refractivity contribution in [3.05, 3.63) is 48.1 Å². The molecule has 9 unspecified atom stereocenters. The number of ether oxygens (including phenoxy) is 4. The Kier molecular flexibility index (Phi) is 38.8. The van der Waals surface area contributed by atoms with Crippen LogP contribution in [0.5, 0.6) is 0 Å². The molecule has 4 aliphatic carbocycles. The topological polar surface area (TPSA) is 108 Å². The number of unbranched alkanes of at least 4 members (excludes halogenated alkanes) is 9. The van der Waals surface area contributed by atoms with Gasteiger partial charge in [0.2, 0.25) is 0 Å². The number of rotatable bonds is 33. The van der Waals surface area contributed by atoms with Gasteiger partial charge in [-0.25, -0.2) is 0 Å². The van der Waals surface area contributed by atoms with Crippen molar-refractivity contribution in [2.75, 3.05) is 55.2 Å². The molecule has 0 aromatic carbocycles. The molecule has 0 amide bonds. The van der Waals surface area contributed by atoms with E-state index in [0.29, 0.717) is 42.8 Å². The molecule has 0 heterocycles. The van der Waals surface area contributed by atoms with Gasteiger partial charge >= 0.3 is 5.97 Å². The molecule has 0 aliphatic heterocycles. The summed E-state index contributed by atoms with van der Waals surface area (Å²) in [6.07, 6.45) is 50.1. The molecule has 0 N–H and O–H groups in total. The van der Waals surface area contributed by atoms with Crippen LogP contribution in [-0.2, 0) is 38.1 Å². The van der Waals surface area contributed by atoms with E-state index in [9.17, 15) is 19.2 Å². The first-order valence-corrected chi connectivity index (χ1v) is 29.0. The molecule has 416 valence electrons. The molecule has 9 nitrogen and oxygen atoms in total. The minimum atomic E-state index is -0.181. The normalized spacial score (nSPS) is 25.2. The van der Waals surface area contributed by atoms with Crippen LogP contribution in [-0.4, -0.2) is 97.1 Å². The van der Waals surface area contributed by atoms with Gasteiger partial charge in [-0.3, -0.25) is 4.79 Å². The van der Waals surface area contributed by atoms with E-state index in [1.807, 2.05) is 26.1 Å². The molecule has 4 rings (SSSR count). The SMILES string of the molecule is CC/C=C\C/C=C\C/C=C\CCCCCCCC=O.COC1CCC2(C)C(=CCC3C2CCC2(C)C(C(C)CCCC(C)C)CCC32)C1.COCC(COC(=O)CCCN(C)C)OC.O=CCCCCC=O. The predicted molar refractivity (Wildman–Crippen MR) is 301 cm³/mol. The van der Waals surface area contributed by atoms with E-state index in [1.165, 1.54) is 103 Å². The molecule has 9 heteroatoms. The fourth-order valence-electron chi connectivity index (χ4n) is 12.3. The molecule has 72 heavy (non-hydrogen) atoms. The van der Waals surface area contributed by atoms with E-state index in [0.717, 1.165) is 112 Å². The molecule has 0 saturated heterocycles. The molecule has 0 aromatic heterocycles. The molecule has 4 aliphatic rings. The third kappa shape index (κ3) is 27.2. The Morgan fingerprint density at radius 2 is 1.32 bits per heavy atom. The third-order valence-electron chi connectivity index (χ3n) is 16.6. The number of aldehydes is 3. The Bertz CT molecular complexity index is 1510. The Morgan fingerprint density at radius 3 is 1.90 bits per heavy atom. The molecule has 3 saturated carbocycles. The number of fused-ring (bicyclic) bond motifs is 5. The van der Waals surface area contributed by atoms with E-state index >= 15 is 0 Å². The van der Waals surface area contributed by atoms with Crippen molar-refractivity contribution in [3.8, 4) is 0 Å². The van der Waals surface area contributed by atoms with Crippen LogP contribution in [0.3, 0.4) is 0 Å². The second kappa shape index (κ2) is 41.5. The number of hydrogen-bond donors (Lipinski definition) is 0. The smallest absolute Gasteiger partial charge is 0.305 e. The highest BCUT2D eigenvalue weighted by molar-refractivity contribution is 5.69. The van der Waals surface area contributed by atoms with E-state index < -0.39 is 0 Å². The fourth-order valence-corrected chi connectivity index (χ4v) is 12.3. The van der Waals surface area contributed by atoms with Crippen LogP contribution < -0.4 is 0 Å². The molecule has 0 aromatic rings. The summed E-state index contributed by atoms with van der Waals surface area (Å²) < 4.78 is 20.8. The van der Waals surface area contributed by atoms with E-state index in [4.69, 9.17) is 18.9 Å². The van der Waals surface area contributed by atoms with Crippen molar-refractivity contribution in [1.29, 1.82) is 0 Å². The summed E-state index contributed by atoms with van der Waals surface area (Å²) in [4.78, 5) is 42.8. The average Bonchev–Trinajstić information content (AvgIpc) is 3.73. The number of carbonyl (C=O) groups is 4. The van der Waals surface area contributed by atoms with E-state index in [2.05, 4.69) is 84.1 Å². The van der Waals surface area contributed by atoms with Crippen molar-refractivity contribution in [2.24, 2.45) is 46.3 Å². The Morgan fingerprint density at radius 1 is 0.708 bits per heavy atom. The van der Waals surface area contributed by atoms with Gasteiger partial charge < -0.3 is 38.2 Å².